The molecule has 8 heteroatoms. The van der Waals surface area contributed by atoms with E-state index in [1.807, 2.05) is 4.90 Å². The molecule has 1 fully saturated rings. The largest absolute Gasteiger partial charge is 0.395 e. The average molecular weight is 314 g/mol. The summed E-state index contributed by atoms with van der Waals surface area (Å²) in [5.41, 5.74) is -0.120. The highest BCUT2D eigenvalue weighted by Crippen LogP contribution is 2.27. The number of likely N-dealkylation sites (tertiary alicyclic amines) is 1. The van der Waals surface area contributed by atoms with E-state index in [0.717, 1.165) is 19.4 Å². The number of carbonyl (C=O) groups excluding carboxylic acids is 1. The summed E-state index contributed by atoms with van der Waals surface area (Å²) in [6.45, 7) is 0.848. The number of carbonyl (C=O) groups is 1. The van der Waals surface area contributed by atoms with Gasteiger partial charge in [0.25, 0.3) is 5.69 Å². The van der Waals surface area contributed by atoms with Crippen LogP contribution in [0, 0.1) is 10.1 Å². The van der Waals surface area contributed by atoms with Gasteiger partial charge in [-0.2, -0.15) is 0 Å². The van der Waals surface area contributed by atoms with Crippen molar-refractivity contribution < 1.29 is 14.8 Å². The predicted molar refractivity (Wildman–Crippen MR) is 78.4 cm³/mol. The second kappa shape index (κ2) is 6.84. The molecule has 1 amide bonds. The molecule has 1 aromatic carbocycles. The van der Waals surface area contributed by atoms with Crippen LogP contribution in [0.25, 0.3) is 0 Å². The number of benzene rings is 1. The van der Waals surface area contributed by atoms with Crippen LogP contribution in [0.1, 0.15) is 12.8 Å². The molecule has 0 aliphatic carbocycles. The van der Waals surface area contributed by atoms with Crippen molar-refractivity contribution in [2.24, 2.45) is 0 Å². The molecule has 0 spiro atoms. The molecule has 1 atom stereocenters. The number of halogens is 1. The minimum absolute atomic E-state index is 0.00831. The number of nitrogens with zero attached hydrogens (tertiary/aromatic N) is 2. The third-order valence-corrected chi connectivity index (χ3v) is 3.72. The summed E-state index contributed by atoms with van der Waals surface area (Å²) in [4.78, 5) is 24.2. The summed E-state index contributed by atoms with van der Waals surface area (Å²) in [6, 6.07) is 4.07. The van der Waals surface area contributed by atoms with Gasteiger partial charge in [-0.15, -0.1) is 0 Å². The maximum absolute atomic E-state index is 12.0. The first-order chi connectivity index (χ1) is 10.0. The normalized spacial score (nSPS) is 18.7. The van der Waals surface area contributed by atoms with Crippen molar-refractivity contribution in [3.05, 3.63) is 33.3 Å². The van der Waals surface area contributed by atoms with Gasteiger partial charge in [0.15, 0.2) is 0 Å². The first kappa shape index (κ1) is 15.7. The van der Waals surface area contributed by atoms with E-state index in [1.165, 1.54) is 18.2 Å². The van der Waals surface area contributed by atoms with Crippen molar-refractivity contribution in [3.63, 3.8) is 0 Å². The number of aliphatic hydroxyl groups is 1. The molecule has 2 rings (SSSR count). The molecule has 1 saturated heterocycles. The molecule has 1 aromatic rings. The van der Waals surface area contributed by atoms with E-state index in [0.29, 0.717) is 0 Å². The molecule has 114 valence electrons. The highest BCUT2D eigenvalue weighted by molar-refractivity contribution is 6.31. The van der Waals surface area contributed by atoms with E-state index in [1.54, 1.807) is 0 Å². The second-order valence-electron chi connectivity index (χ2n) is 4.92. The fourth-order valence-electron chi connectivity index (χ4n) is 2.45. The predicted octanol–water partition coefficient (Wildman–Crippen LogP) is 1.64. The van der Waals surface area contributed by atoms with Gasteiger partial charge in [0, 0.05) is 17.1 Å². The highest BCUT2D eigenvalue weighted by atomic mass is 35.5. The number of anilines is 1. The fraction of sp³-hybridized carbons (Fsp3) is 0.462. The third-order valence-electron chi connectivity index (χ3n) is 3.49. The van der Waals surface area contributed by atoms with E-state index < -0.39 is 4.92 Å². The Labute approximate surface area is 126 Å². The van der Waals surface area contributed by atoms with Crippen molar-refractivity contribution in [1.29, 1.82) is 0 Å². The zero-order chi connectivity index (χ0) is 15.4. The summed E-state index contributed by atoms with van der Waals surface area (Å²) in [5.74, 6) is -0.347. The summed E-state index contributed by atoms with van der Waals surface area (Å²) in [5, 5.41) is 22.9. The average Bonchev–Trinajstić information content (AvgIpc) is 2.87. The summed E-state index contributed by atoms with van der Waals surface area (Å²) in [6.07, 6.45) is 1.78. The van der Waals surface area contributed by atoms with Crippen LogP contribution in [-0.4, -0.2) is 46.6 Å². The van der Waals surface area contributed by atoms with Gasteiger partial charge in [-0.05, 0) is 31.5 Å². The number of hydrogen-bond donors (Lipinski definition) is 2. The first-order valence-corrected chi connectivity index (χ1v) is 6.97. The van der Waals surface area contributed by atoms with Crippen molar-refractivity contribution in [2.75, 3.05) is 25.0 Å². The molecule has 1 heterocycles. The highest BCUT2D eigenvalue weighted by Gasteiger charge is 2.26. The van der Waals surface area contributed by atoms with Gasteiger partial charge in [-0.25, -0.2) is 0 Å². The lowest BCUT2D eigenvalue weighted by molar-refractivity contribution is -0.383. The Morgan fingerprint density at radius 1 is 1.57 bits per heavy atom. The summed E-state index contributed by atoms with van der Waals surface area (Å²) < 4.78 is 0. The third kappa shape index (κ3) is 3.90. The first-order valence-electron chi connectivity index (χ1n) is 6.60. The van der Waals surface area contributed by atoms with E-state index in [-0.39, 0.29) is 41.5 Å². The van der Waals surface area contributed by atoms with Gasteiger partial charge >= 0.3 is 0 Å². The molecule has 0 unspecified atom stereocenters. The SMILES string of the molecule is O=C(CN1CCC[C@@H]1CO)Nc1ccc(Cl)cc1[N+](=O)[O-]. The van der Waals surface area contributed by atoms with Crippen LogP contribution in [0.2, 0.25) is 5.02 Å². The van der Waals surface area contributed by atoms with Gasteiger partial charge in [0.2, 0.25) is 5.91 Å². The molecule has 21 heavy (non-hydrogen) atoms. The van der Waals surface area contributed by atoms with E-state index in [4.69, 9.17) is 11.6 Å². The van der Waals surface area contributed by atoms with E-state index >= 15 is 0 Å². The molecule has 1 aliphatic heterocycles. The molecule has 0 bridgehead atoms. The number of hydrogen-bond acceptors (Lipinski definition) is 5. The summed E-state index contributed by atoms with van der Waals surface area (Å²) >= 11 is 5.72. The van der Waals surface area contributed by atoms with Crippen molar-refractivity contribution in [2.45, 2.75) is 18.9 Å². The quantitative estimate of drug-likeness (QED) is 0.636. The van der Waals surface area contributed by atoms with Crippen LogP contribution in [0.15, 0.2) is 18.2 Å². The second-order valence-corrected chi connectivity index (χ2v) is 5.35. The van der Waals surface area contributed by atoms with Gasteiger partial charge in [0.1, 0.15) is 5.69 Å². The monoisotopic (exact) mass is 313 g/mol. The smallest absolute Gasteiger partial charge is 0.294 e. The van der Waals surface area contributed by atoms with Crippen molar-refractivity contribution in [1.82, 2.24) is 4.90 Å². The number of amides is 1. The van der Waals surface area contributed by atoms with Crippen LogP contribution in [0.5, 0.6) is 0 Å². The topological polar surface area (TPSA) is 95.7 Å². The van der Waals surface area contributed by atoms with Crippen LogP contribution < -0.4 is 5.32 Å². The maximum Gasteiger partial charge on any atom is 0.294 e. The zero-order valence-electron chi connectivity index (χ0n) is 11.3. The maximum atomic E-state index is 12.0. The molecular weight excluding hydrogens is 298 g/mol. The lowest BCUT2D eigenvalue weighted by Crippen LogP contribution is -2.38. The van der Waals surface area contributed by atoms with Gasteiger partial charge in [-0.3, -0.25) is 19.8 Å². The standard InChI is InChI=1S/C13H16ClN3O4/c14-9-3-4-11(12(6-9)17(20)21)15-13(19)7-16-5-1-2-10(16)8-18/h3-4,6,10,18H,1-2,5,7-8H2,(H,15,19)/t10-/m1/s1. The fourth-order valence-corrected chi connectivity index (χ4v) is 2.61. The molecule has 0 radical (unpaired) electrons. The minimum atomic E-state index is -0.589. The molecular formula is C13H16ClN3O4. The van der Waals surface area contributed by atoms with Crippen LogP contribution >= 0.6 is 11.6 Å². The lowest BCUT2D eigenvalue weighted by Gasteiger charge is -2.21. The van der Waals surface area contributed by atoms with Crippen molar-refractivity contribution in [3.8, 4) is 0 Å². The van der Waals surface area contributed by atoms with Crippen molar-refractivity contribution >= 4 is 28.9 Å². The summed E-state index contributed by atoms with van der Waals surface area (Å²) in [7, 11) is 0. The van der Waals surface area contributed by atoms with Gasteiger partial charge < -0.3 is 10.4 Å². The Morgan fingerprint density at radius 3 is 3.00 bits per heavy atom. The zero-order valence-corrected chi connectivity index (χ0v) is 12.0. The molecule has 7 nitrogen and oxygen atoms in total. The number of nitro benzene ring substituents is 1. The number of rotatable bonds is 5. The minimum Gasteiger partial charge on any atom is -0.395 e. The van der Waals surface area contributed by atoms with Crippen LogP contribution in [0.4, 0.5) is 11.4 Å². The number of aliphatic hydroxyl groups excluding tert-OH is 1. The Kier molecular flexibility index (Phi) is 5.11. The Hall–Kier alpha value is -1.70. The van der Waals surface area contributed by atoms with Gasteiger partial charge in [0.05, 0.1) is 18.1 Å². The molecule has 1 aliphatic rings. The number of nitrogens with one attached hydrogen (secondary N) is 1. The van der Waals surface area contributed by atoms with Crippen LogP contribution in [-0.2, 0) is 4.79 Å². The van der Waals surface area contributed by atoms with Gasteiger partial charge in [-0.1, -0.05) is 11.6 Å². The Bertz CT molecular complexity index is 552. The Morgan fingerprint density at radius 2 is 2.33 bits per heavy atom. The van der Waals surface area contributed by atoms with E-state index in [9.17, 15) is 20.0 Å². The van der Waals surface area contributed by atoms with E-state index in [2.05, 4.69) is 5.32 Å². The van der Waals surface area contributed by atoms with Crippen LogP contribution in [0.3, 0.4) is 0 Å². The number of nitro groups is 1. The molecule has 0 saturated carbocycles. The molecule has 0 aromatic heterocycles. The lowest BCUT2D eigenvalue weighted by atomic mass is 10.2. The Balaban J connectivity index is 2.04. The molecule has 2 N–H and O–H groups in total.